The molecule has 0 saturated heterocycles. The molecule has 1 aliphatic rings. The summed E-state index contributed by atoms with van der Waals surface area (Å²) in [6.45, 7) is 0. The lowest BCUT2D eigenvalue weighted by atomic mass is 9.94. The number of nitrogens with zero attached hydrogens (tertiary/aromatic N) is 4. The van der Waals surface area contributed by atoms with Crippen molar-refractivity contribution in [2.75, 3.05) is 0 Å². The van der Waals surface area contributed by atoms with Gasteiger partial charge in [0.25, 0.3) is 0 Å². The van der Waals surface area contributed by atoms with E-state index in [1.54, 1.807) is 6.20 Å². The minimum Gasteiger partial charge on any atom is -0.456 e. The van der Waals surface area contributed by atoms with Crippen molar-refractivity contribution in [2.45, 2.75) is 0 Å². The second kappa shape index (κ2) is 13.1. The molecule has 0 unspecified atom stereocenters. The first-order chi connectivity index (χ1) is 25.3. The highest BCUT2D eigenvalue weighted by atomic mass is 16.5. The third kappa shape index (κ3) is 5.98. The van der Waals surface area contributed by atoms with Crippen molar-refractivity contribution in [3.63, 3.8) is 0 Å². The monoisotopic (exact) mass is 654 g/mol. The summed E-state index contributed by atoms with van der Waals surface area (Å²) in [6.07, 6.45) is 9.84. The zero-order valence-electron chi connectivity index (χ0n) is 27.5. The van der Waals surface area contributed by atoms with Crippen molar-refractivity contribution in [3.05, 3.63) is 181 Å². The van der Waals surface area contributed by atoms with Crippen LogP contribution in [0.4, 0.5) is 0 Å². The highest BCUT2D eigenvalue weighted by molar-refractivity contribution is 5.90. The molecule has 0 bridgehead atoms. The van der Waals surface area contributed by atoms with Gasteiger partial charge in [-0.25, -0.2) is 9.97 Å². The summed E-state index contributed by atoms with van der Waals surface area (Å²) in [6, 6.07) is 51.5. The zero-order chi connectivity index (χ0) is 34.0. The van der Waals surface area contributed by atoms with Crippen LogP contribution in [0, 0.1) is 0 Å². The molecule has 0 N–H and O–H groups in total. The van der Waals surface area contributed by atoms with Crippen LogP contribution in [0.2, 0.25) is 0 Å². The predicted octanol–water partition coefficient (Wildman–Crippen LogP) is 11.5. The van der Waals surface area contributed by atoms with Gasteiger partial charge in [-0.3, -0.25) is 9.97 Å². The molecule has 240 valence electrons. The SMILES string of the molecule is C1=Cc2ccc(-c3cc(-c4ccc(-c5cccnc5)nc4)nc(-c4ccccc4)n3)cc2-c2ccccc2Oc2ccccc2-c2ccccc21. The van der Waals surface area contributed by atoms with Crippen molar-refractivity contribution in [3.8, 4) is 78.9 Å². The van der Waals surface area contributed by atoms with E-state index in [1.165, 1.54) is 0 Å². The van der Waals surface area contributed by atoms with Gasteiger partial charge in [0.05, 0.1) is 17.1 Å². The number of hydrogen-bond acceptors (Lipinski definition) is 5. The molecule has 3 aromatic heterocycles. The van der Waals surface area contributed by atoms with Crippen LogP contribution in [0.25, 0.3) is 79.6 Å². The molecule has 0 saturated carbocycles. The number of ether oxygens (including phenoxy) is 1. The first-order valence-electron chi connectivity index (χ1n) is 16.9. The number of benzene rings is 5. The molecule has 4 heterocycles. The molecular formula is C46H30N4O. The standard InChI is InChI=1S/C46H30N4O/c1-2-12-33(13-3-1)46-49-42(28-43(50-46)36-24-25-41(48-30-36)35-14-10-26-47-29-35)34-23-22-32-21-20-31-11-4-5-15-37(31)38-16-6-8-18-44(38)51-45-19-9-7-17-39(45)40(32)27-34/h1-30H. The van der Waals surface area contributed by atoms with Gasteiger partial charge in [0.15, 0.2) is 5.82 Å². The van der Waals surface area contributed by atoms with E-state index < -0.39 is 0 Å². The first kappa shape index (κ1) is 30.1. The lowest BCUT2D eigenvalue weighted by Crippen LogP contribution is -1.97. The molecule has 5 nitrogen and oxygen atoms in total. The third-order valence-electron chi connectivity index (χ3n) is 9.10. The summed E-state index contributed by atoms with van der Waals surface area (Å²) >= 11 is 0. The average Bonchev–Trinajstić information content (AvgIpc) is 3.23. The van der Waals surface area contributed by atoms with Crippen LogP contribution in [-0.2, 0) is 0 Å². The zero-order valence-corrected chi connectivity index (χ0v) is 27.5. The van der Waals surface area contributed by atoms with Crippen LogP contribution in [0.1, 0.15) is 11.1 Å². The molecule has 0 amide bonds. The molecule has 5 aromatic carbocycles. The largest absolute Gasteiger partial charge is 0.456 e. The Balaban J connectivity index is 1.21. The molecule has 0 aliphatic carbocycles. The molecule has 1 aliphatic heterocycles. The topological polar surface area (TPSA) is 60.8 Å². The molecule has 0 fully saturated rings. The number of para-hydroxylation sites is 2. The average molecular weight is 655 g/mol. The van der Waals surface area contributed by atoms with Crippen molar-refractivity contribution in [2.24, 2.45) is 0 Å². The number of pyridine rings is 2. The molecule has 9 rings (SSSR count). The molecule has 0 radical (unpaired) electrons. The Bertz CT molecular complexity index is 2550. The normalized spacial score (nSPS) is 11.6. The molecular weight excluding hydrogens is 625 g/mol. The minimum atomic E-state index is 0.646. The fourth-order valence-electron chi connectivity index (χ4n) is 6.53. The third-order valence-corrected chi connectivity index (χ3v) is 9.10. The molecule has 0 atom stereocenters. The van der Waals surface area contributed by atoms with E-state index >= 15 is 0 Å². The summed E-state index contributed by atoms with van der Waals surface area (Å²) in [5.41, 5.74) is 12.6. The van der Waals surface area contributed by atoms with E-state index in [4.69, 9.17) is 19.7 Å². The smallest absolute Gasteiger partial charge is 0.160 e. The lowest BCUT2D eigenvalue weighted by Gasteiger charge is -2.16. The molecule has 0 spiro atoms. The molecule has 51 heavy (non-hydrogen) atoms. The van der Waals surface area contributed by atoms with E-state index in [0.29, 0.717) is 5.82 Å². The first-order valence-corrected chi connectivity index (χ1v) is 16.9. The molecule has 8 aromatic rings. The Kier molecular flexibility index (Phi) is 7.76. The Morgan fingerprint density at radius 1 is 0.392 bits per heavy atom. The van der Waals surface area contributed by atoms with Gasteiger partial charge in [0.2, 0.25) is 0 Å². The van der Waals surface area contributed by atoms with Crippen molar-refractivity contribution < 1.29 is 4.74 Å². The number of hydrogen-bond donors (Lipinski definition) is 0. The number of aromatic nitrogens is 4. The van der Waals surface area contributed by atoms with Gasteiger partial charge in [0, 0.05) is 52.0 Å². The summed E-state index contributed by atoms with van der Waals surface area (Å²) in [5, 5.41) is 0. The van der Waals surface area contributed by atoms with Crippen molar-refractivity contribution >= 4 is 12.2 Å². The number of fused-ring (bicyclic) bond motifs is 6. The Labute approximate surface area is 296 Å². The van der Waals surface area contributed by atoms with Crippen LogP contribution in [0.5, 0.6) is 11.5 Å². The van der Waals surface area contributed by atoms with E-state index in [0.717, 1.165) is 84.2 Å². The molecule has 5 heteroatoms. The maximum Gasteiger partial charge on any atom is 0.160 e. The van der Waals surface area contributed by atoms with Crippen LogP contribution >= 0.6 is 0 Å². The van der Waals surface area contributed by atoms with Crippen molar-refractivity contribution in [1.29, 1.82) is 0 Å². The van der Waals surface area contributed by atoms with Gasteiger partial charge >= 0.3 is 0 Å². The van der Waals surface area contributed by atoms with Gasteiger partial charge in [-0.15, -0.1) is 0 Å². The Morgan fingerprint density at radius 3 is 1.73 bits per heavy atom. The maximum absolute atomic E-state index is 6.76. The van der Waals surface area contributed by atoms with Crippen LogP contribution in [0.15, 0.2) is 170 Å². The lowest BCUT2D eigenvalue weighted by molar-refractivity contribution is 0.486. The van der Waals surface area contributed by atoms with Gasteiger partial charge < -0.3 is 4.74 Å². The van der Waals surface area contributed by atoms with E-state index in [9.17, 15) is 0 Å². The Hall–Kier alpha value is -6.98. The maximum atomic E-state index is 6.76. The summed E-state index contributed by atoms with van der Waals surface area (Å²) < 4.78 is 6.76. The van der Waals surface area contributed by atoms with E-state index in [1.807, 2.05) is 91.3 Å². The minimum absolute atomic E-state index is 0.646. The van der Waals surface area contributed by atoms with Gasteiger partial charge in [-0.1, -0.05) is 115 Å². The van der Waals surface area contributed by atoms with E-state index in [2.05, 4.69) is 89.9 Å². The summed E-state index contributed by atoms with van der Waals surface area (Å²) in [4.78, 5) is 19.2. The highest BCUT2D eigenvalue weighted by Gasteiger charge is 2.18. The quantitative estimate of drug-likeness (QED) is 0.189. The predicted molar refractivity (Wildman–Crippen MR) is 206 cm³/mol. The highest BCUT2D eigenvalue weighted by Crippen LogP contribution is 2.42. The Morgan fingerprint density at radius 2 is 1.00 bits per heavy atom. The summed E-state index contributed by atoms with van der Waals surface area (Å²) in [5.74, 6) is 2.23. The van der Waals surface area contributed by atoms with Crippen LogP contribution < -0.4 is 4.74 Å². The number of rotatable bonds is 4. The van der Waals surface area contributed by atoms with Crippen molar-refractivity contribution in [1.82, 2.24) is 19.9 Å². The van der Waals surface area contributed by atoms with Gasteiger partial charge in [0.1, 0.15) is 11.5 Å². The second-order valence-electron chi connectivity index (χ2n) is 12.3. The van der Waals surface area contributed by atoms with E-state index in [-0.39, 0.29) is 0 Å². The van der Waals surface area contributed by atoms with Crippen LogP contribution in [0.3, 0.4) is 0 Å². The van der Waals surface area contributed by atoms with Gasteiger partial charge in [-0.2, -0.15) is 0 Å². The fraction of sp³-hybridized carbons (Fsp3) is 0. The van der Waals surface area contributed by atoms with Crippen LogP contribution in [-0.4, -0.2) is 19.9 Å². The summed E-state index contributed by atoms with van der Waals surface area (Å²) in [7, 11) is 0. The van der Waals surface area contributed by atoms with Gasteiger partial charge in [-0.05, 0) is 70.8 Å². The second-order valence-corrected chi connectivity index (χ2v) is 12.3. The fourth-order valence-corrected chi connectivity index (χ4v) is 6.53.